The quantitative estimate of drug-likeness (QED) is 0.583. The first-order chi connectivity index (χ1) is 13.6. The van der Waals surface area contributed by atoms with Gasteiger partial charge in [-0.2, -0.15) is 0 Å². The number of halogens is 1. The Balaban J connectivity index is 1.44. The Morgan fingerprint density at radius 2 is 1.71 bits per heavy atom. The van der Waals surface area contributed by atoms with Crippen LogP contribution in [0.2, 0.25) is 0 Å². The molecule has 0 spiro atoms. The summed E-state index contributed by atoms with van der Waals surface area (Å²) < 4.78 is 14.8. The van der Waals surface area contributed by atoms with Crippen LogP contribution in [0.3, 0.4) is 0 Å². The van der Waals surface area contributed by atoms with Crippen LogP contribution in [0, 0.1) is 11.7 Å². The minimum Gasteiger partial charge on any atom is -0.395 e. The molecule has 1 aliphatic heterocycles. The SMILES string of the molecule is O=C1C2=C(CCCC2)C(=O)N1c1cc2c(cc1F)CCC2=NOCC1CCC1. The number of oxime groups is 1. The van der Waals surface area contributed by atoms with Gasteiger partial charge < -0.3 is 4.84 Å². The second-order valence-electron chi connectivity index (χ2n) is 8.20. The van der Waals surface area contributed by atoms with Crippen molar-refractivity contribution in [3.8, 4) is 0 Å². The lowest BCUT2D eigenvalue weighted by Crippen LogP contribution is -2.32. The van der Waals surface area contributed by atoms with Gasteiger partial charge in [0.2, 0.25) is 0 Å². The monoisotopic (exact) mass is 382 g/mol. The molecular formula is C22H23FN2O3. The van der Waals surface area contributed by atoms with Crippen LogP contribution in [0.5, 0.6) is 0 Å². The molecule has 1 fully saturated rings. The largest absolute Gasteiger partial charge is 0.395 e. The molecule has 0 atom stereocenters. The molecule has 1 heterocycles. The highest BCUT2D eigenvalue weighted by Gasteiger charge is 2.41. The van der Waals surface area contributed by atoms with Crippen LogP contribution in [0.1, 0.15) is 62.5 Å². The van der Waals surface area contributed by atoms with Gasteiger partial charge >= 0.3 is 0 Å². The Kier molecular flexibility index (Phi) is 4.29. The lowest BCUT2D eigenvalue weighted by atomic mass is 9.86. The van der Waals surface area contributed by atoms with Crippen molar-refractivity contribution < 1.29 is 18.8 Å². The van der Waals surface area contributed by atoms with E-state index in [-0.39, 0.29) is 17.5 Å². The highest BCUT2D eigenvalue weighted by atomic mass is 19.1. The molecule has 0 radical (unpaired) electrons. The fourth-order valence-electron chi connectivity index (χ4n) is 4.57. The summed E-state index contributed by atoms with van der Waals surface area (Å²) in [5.74, 6) is -0.671. The number of amides is 2. The maximum atomic E-state index is 14.8. The molecule has 2 amide bonds. The van der Waals surface area contributed by atoms with Crippen molar-refractivity contribution in [1.82, 2.24) is 0 Å². The number of anilines is 1. The van der Waals surface area contributed by atoms with E-state index >= 15 is 0 Å². The third-order valence-electron chi connectivity index (χ3n) is 6.46. The molecule has 3 aliphatic carbocycles. The van der Waals surface area contributed by atoms with Crippen molar-refractivity contribution in [2.75, 3.05) is 11.5 Å². The molecule has 28 heavy (non-hydrogen) atoms. The van der Waals surface area contributed by atoms with Crippen LogP contribution >= 0.6 is 0 Å². The van der Waals surface area contributed by atoms with Gasteiger partial charge in [-0.25, -0.2) is 9.29 Å². The summed E-state index contributed by atoms with van der Waals surface area (Å²) in [4.78, 5) is 32.1. The van der Waals surface area contributed by atoms with Crippen molar-refractivity contribution in [2.45, 2.75) is 57.8 Å². The fraction of sp³-hybridized carbons (Fsp3) is 0.500. The average molecular weight is 382 g/mol. The topological polar surface area (TPSA) is 59.0 Å². The maximum absolute atomic E-state index is 14.8. The van der Waals surface area contributed by atoms with Crippen LogP contribution in [-0.2, 0) is 20.8 Å². The minimum absolute atomic E-state index is 0.0387. The molecule has 146 valence electrons. The number of carbonyl (C=O) groups excluding carboxylic acids is 2. The standard InChI is InChI=1S/C22H23FN2O3/c23-18-10-14-8-9-19(24-28-12-13-4-3-5-13)17(14)11-20(18)25-21(26)15-6-1-2-7-16(15)22(25)27/h10-11,13H,1-9,12H2. The zero-order valence-electron chi connectivity index (χ0n) is 15.8. The number of rotatable bonds is 4. The fourth-order valence-corrected chi connectivity index (χ4v) is 4.57. The highest BCUT2D eigenvalue weighted by molar-refractivity contribution is 6.33. The molecule has 0 N–H and O–H groups in total. The van der Waals surface area contributed by atoms with E-state index in [1.54, 1.807) is 6.07 Å². The summed E-state index contributed by atoms with van der Waals surface area (Å²) in [7, 11) is 0. The third kappa shape index (κ3) is 2.77. The molecule has 0 aromatic heterocycles. The summed E-state index contributed by atoms with van der Waals surface area (Å²) in [5, 5.41) is 4.29. The number of hydrogen-bond acceptors (Lipinski definition) is 4. The normalized spacial score (nSPS) is 23.3. The summed E-state index contributed by atoms with van der Waals surface area (Å²) in [6.07, 6.45) is 8.00. The Labute approximate surface area is 163 Å². The molecular weight excluding hydrogens is 359 g/mol. The van der Waals surface area contributed by atoms with Gasteiger partial charge in [-0.15, -0.1) is 0 Å². The maximum Gasteiger partial charge on any atom is 0.261 e. The van der Waals surface area contributed by atoms with E-state index in [1.807, 2.05) is 0 Å². The van der Waals surface area contributed by atoms with Gasteiger partial charge in [0.1, 0.15) is 12.4 Å². The Bertz CT molecular complexity index is 902. The van der Waals surface area contributed by atoms with Gasteiger partial charge in [0.15, 0.2) is 0 Å². The first kappa shape index (κ1) is 17.6. The molecule has 1 saturated carbocycles. The summed E-state index contributed by atoms with van der Waals surface area (Å²) >= 11 is 0. The van der Waals surface area contributed by atoms with Gasteiger partial charge in [0.05, 0.1) is 11.4 Å². The number of carbonyl (C=O) groups is 2. The van der Waals surface area contributed by atoms with E-state index in [2.05, 4.69) is 5.16 Å². The second kappa shape index (κ2) is 6.83. The number of benzene rings is 1. The van der Waals surface area contributed by atoms with Gasteiger partial charge in [-0.1, -0.05) is 11.6 Å². The zero-order chi connectivity index (χ0) is 19.3. The molecule has 4 aliphatic rings. The average Bonchev–Trinajstić information content (AvgIpc) is 3.16. The molecule has 1 aromatic carbocycles. The van der Waals surface area contributed by atoms with Crippen LogP contribution in [0.25, 0.3) is 0 Å². The molecule has 5 nitrogen and oxygen atoms in total. The number of imide groups is 1. The van der Waals surface area contributed by atoms with Crippen molar-refractivity contribution in [3.63, 3.8) is 0 Å². The molecule has 0 saturated heterocycles. The predicted octanol–water partition coefficient (Wildman–Crippen LogP) is 4.04. The smallest absolute Gasteiger partial charge is 0.261 e. The summed E-state index contributed by atoms with van der Waals surface area (Å²) in [5.41, 5.74) is 3.58. The number of fused-ring (bicyclic) bond motifs is 1. The molecule has 6 heteroatoms. The predicted molar refractivity (Wildman–Crippen MR) is 103 cm³/mol. The Morgan fingerprint density at radius 1 is 1.00 bits per heavy atom. The van der Waals surface area contributed by atoms with E-state index < -0.39 is 5.82 Å². The Morgan fingerprint density at radius 3 is 2.36 bits per heavy atom. The molecule has 0 bridgehead atoms. The number of nitrogens with zero attached hydrogens (tertiary/aromatic N) is 2. The van der Waals surface area contributed by atoms with Crippen molar-refractivity contribution in [1.29, 1.82) is 0 Å². The number of hydrogen-bond donors (Lipinski definition) is 0. The van der Waals surface area contributed by atoms with E-state index in [4.69, 9.17) is 4.84 Å². The van der Waals surface area contributed by atoms with E-state index in [0.717, 1.165) is 34.6 Å². The first-order valence-electron chi connectivity index (χ1n) is 10.3. The van der Waals surface area contributed by atoms with Gasteiger partial charge in [-0.05, 0) is 75.0 Å². The van der Waals surface area contributed by atoms with E-state index in [9.17, 15) is 14.0 Å². The van der Waals surface area contributed by atoms with Crippen molar-refractivity contribution >= 4 is 23.2 Å². The minimum atomic E-state index is -0.531. The van der Waals surface area contributed by atoms with Crippen LogP contribution < -0.4 is 4.90 Å². The van der Waals surface area contributed by atoms with Crippen LogP contribution in [0.15, 0.2) is 28.4 Å². The van der Waals surface area contributed by atoms with Crippen LogP contribution in [-0.4, -0.2) is 24.1 Å². The lowest BCUT2D eigenvalue weighted by Gasteiger charge is -2.23. The van der Waals surface area contributed by atoms with Gasteiger partial charge in [0, 0.05) is 16.7 Å². The molecule has 5 rings (SSSR count). The summed E-state index contributed by atoms with van der Waals surface area (Å²) in [6, 6.07) is 3.05. The Hall–Kier alpha value is -2.50. The number of aryl methyl sites for hydroxylation is 1. The van der Waals surface area contributed by atoms with Crippen molar-refractivity contribution in [3.05, 3.63) is 40.2 Å². The zero-order valence-corrected chi connectivity index (χ0v) is 15.8. The van der Waals surface area contributed by atoms with Gasteiger partial charge in [-0.3, -0.25) is 9.59 Å². The van der Waals surface area contributed by atoms with Crippen LogP contribution in [0.4, 0.5) is 10.1 Å². The highest BCUT2D eigenvalue weighted by Crippen LogP contribution is 2.38. The van der Waals surface area contributed by atoms with Gasteiger partial charge in [0.25, 0.3) is 11.8 Å². The van der Waals surface area contributed by atoms with E-state index in [0.29, 0.717) is 49.4 Å². The third-order valence-corrected chi connectivity index (χ3v) is 6.46. The molecule has 0 unspecified atom stereocenters. The van der Waals surface area contributed by atoms with E-state index in [1.165, 1.54) is 25.3 Å². The second-order valence-corrected chi connectivity index (χ2v) is 8.20. The summed E-state index contributed by atoms with van der Waals surface area (Å²) in [6.45, 7) is 0.618. The lowest BCUT2D eigenvalue weighted by molar-refractivity contribution is -0.120. The molecule has 1 aromatic rings. The van der Waals surface area contributed by atoms with Crippen molar-refractivity contribution in [2.24, 2.45) is 11.1 Å². The first-order valence-corrected chi connectivity index (χ1v) is 10.3.